The normalized spacial score (nSPS) is 8.45. The van der Waals surface area contributed by atoms with Crippen LogP contribution < -0.4 is 0 Å². The van der Waals surface area contributed by atoms with E-state index in [-0.39, 0.29) is 21.8 Å². The maximum Gasteiger partial charge on any atom is 0.338 e. The summed E-state index contributed by atoms with van der Waals surface area (Å²) in [6, 6.07) is 9.75. The molecule has 0 amide bonds. The summed E-state index contributed by atoms with van der Waals surface area (Å²) in [5.74, 6) is -1.25. The minimum Gasteiger partial charge on any atom is -0.478 e. The van der Waals surface area contributed by atoms with Crippen LogP contribution >= 0.6 is 44.6 Å². The van der Waals surface area contributed by atoms with Crippen molar-refractivity contribution in [3.8, 4) is 0 Å². The van der Waals surface area contributed by atoms with E-state index < -0.39 is 15.2 Å². The second-order valence-corrected chi connectivity index (χ2v) is 8.30. The summed E-state index contributed by atoms with van der Waals surface area (Å²) in [5, 5.41) is 16.8. The first kappa shape index (κ1) is 37.1. The first-order valence-corrected chi connectivity index (χ1v) is 11.1. The van der Waals surface area contributed by atoms with Crippen LogP contribution in [0.5, 0.6) is 0 Å². The molecule has 0 aliphatic carbocycles. The molecule has 0 unspecified atom stereocenters. The standard InChI is InChI=1S/C9H9ClO2.C8H7ClO2.CH4O.CH4.B.Cl2OS/c1-6-5-7(10)3-4-8(6)9(11)12-2;1-5-4-6(9)2-3-7(5)8(10)11;1-2;;;1-4(2)3/h3-5H,1-2H3;2-4H,1H3,(H,10,11);2H,1H3;1H4;;. The molecule has 0 spiro atoms. The van der Waals surface area contributed by atoms with Crippen molar-refractivity contribution in [1.82, 2.24) is 0 Å². The van der Waals surface area contributed by atoms with E-state index >= 15 is 0 Å². The summed E-state index contributed by atoms with van der Waals surface area (Å²) >= 11 is 11.3. The number of aliphatic hydroxyl groups excluding tert-OH is 1. The highest BCUT2D eigenvalue weighted by Crippen LogP contribution is 2.16. The van der Waals surface area contributed by atoms with Crippen molar-refractivity contribution in [2.75, 3.05) is 14.2 Å². The lowest BCUT2D eigenvalue weighted by molar-refractivity contribution is 0.0599. The smallest absolute Gasteiger partial charge is 0.338 e. The first-order chi connectivity index (χ1) is 13.5. The predicted molar refractivity (Wildman–Crippen MR) is 131 cm³/mol. The molecule has 0 saturated carbocycles. The molecule has 6 nitrogen and oxygen atoms in total. The van der Waals surface area contributed by atoms with Gasteiger partial charge >= 0.3 is 11.9 Å². The van der Waals surface area contributed by atoms with Crippen molar-refractivity contribution in [2.45, 2.75) is 21.3 Å². The van der Waals surface area contributed by atoms with Crippen molar-refractivity contribution in [2.24, 2.45) is 0 Å². The van der Waals surface area contributed by atoms with E-state index in [1.54, 1.807) is 37.3 Å². The van der Waals surface area contributed by atoms with Gasteiger partial charge in [-0.25, -0.2) is 13.8 Å². The Balaban J connectivity index is -0.000000179. The molecule has 173 valence electrons. The molecule has 2 rings (SSSR count). The van der Waals surface area contributed by atoms with Crippen LogP contribution in [0.2, 0.25) is 10.0 Å². The summed E-state index contributed by atoms with van der Waals surface area (Å²) in [5.41, 5.74) is 2.37. The molecule has 0 aromatic heterocycles. The summed E-state index contributed by atoms with van der Waals surface area (Å²) < 4.78 is 13.7. The van der Waals surface area contributed by atoms with Crippen LogP contribution in [0.15, 0.2) is 36.4 Å². The molecule has 2 aromatic carbocycles. The summed E-state index contributed by atoms with van der Waals surface area (Å²) in [7, 11) is 9.72. The third kappa shape index (κ3) is 17.0. The zero-order valence-corrected chi connectivity index (χ0v) is 20.3. The van der Waals surface area contributed by atoms with Gasteiger partial charge in [-0.3, -0.25) is 0 Å². The van der Waals surface area contributed by atoms with Crippen LogP contribution in [0.3, 0.4) is 0 Å². The van der Waals surface area contributed by atoms with E-state index in [1.165, 1.54) is 13.2 Å². The number of methoxy groups -OCH3 is 1. The Morgan fingerprint density at radius 1 is 0.903 bits per heavy atom. The summed E-state index contributed by atoms with van der Waals surface area (Å²) in [4.78, 5) is 21.6. The lowest BCUT2D eigenvalue weighted by Crippen LogP contribution is -2.03. The van der Waals surface area contributed by atoms with Crippen molar-refractivity contribution in [3.05, 3.63) is 68.7 Å². The third-order valence-electron chi connectivity index (χ3n) is 3.01. The first-order valence-electron chi connectivity index (χ1n) is 7.52. The number of ether oxygens (including phenoxy) is 1. The number of rotatable bonds is 2. The molecule has 2 aromatic rings. The Labute approximate surface area is 206 Å². The van der Waals surface area contributed by atoms with Gasteiger partial charge in [-0.05, 0) is 61.4 Å². The van der Waals surface area contributed by atoms with Gasteiger partial charge in [-0.2, -0.15) is 0 Å². The number of halogens is 4. The number of carboxylic acid groups (broad SMARTS) is 1. The van der Waals surface area contributed by atoms with Crippen LogP contribution in [0.4, 0.5) is 0 Å². The van der Waals surface area contributed by atoms with E-state index in [4.69, 9.17) is 37.6 Å². The van der Waals surface area contributed by atoms with Gasteiger partial charge in [0.25, 0.3) is 0 Å². The van der Waals surface area contributed by atoms with Gasteiger partial charge in [0.2, 0.25) is 9.23 Å². The van der Waals surface area contributed by atoms with E-state index in [0.29, 0.717) is 26.7 Å². The van der Waals surface area contributed by atoms with Crippen LogP contribution in [0.1, 0.15) is 39.3 Å². The number of benzene rings is 2. The van der Waals surface area contributed by atoms with Crippen LogP contribution in [0, 0.1) is 13.8 Å². The number of carboxylic acids is 1. The molecule has 0 heterocycles. The van der Waals surface area contributed by atoms with Gasteiger partial charge in [0.1, 0.15) is 0 Å². The lowest BCUT2D eigenvalue weighted by Gasteiger charge is -2.02. The second kappa shape index (κ2) is 20.6. The second-order valence-electron chi connectivity index (χ2n) is 4.90. The Bertz CT molecular complexity index is 833. The van der Waals surface area contributed by atoms with Crippen molar-refractivity contribution >= 4 is 74.1 Å². The molecule has 0 aliphatic rings. The van der Waals surface area contributed by atoms with Gasteiger partial charge in [-0.1, -0.05) is 30.6 Å². The molecule has 0 bridgehead atoms. The highest BCUT2D eigenvalue weighted by atomic mass is 36.0. The zero-order chi connectivity index (χ0) is 23.1. The Hall–Kier alpha value is -1.29. The molecule has 3 radical (unpaired) electrons. The summed E-state index contributed by atoms with van der Waals surface area (Å²) in [6.45, 7) is 3.54. The molecule has 0 saturated heterocycles. The van der Waals surface area contributed by atoms with Gasteiger partial charge < -0.3 is 14.9 Å². The number of hydrogen-bond donors (Lipinski definition) is 2. The number of hydrogen-bond acceptors (Lipinski definition) is 5. The van der Waals surface area contributed by atoms with Crippen LogP contribution in [-0.4, -0.2) is 49.0 Å². The van der Waals surface area contributed by atoms with E-state index in [0.717, 1.165) is 12.7 Å². The van der Waals surface area contributed by atoms with E-state index in [1.807, 2.05) is 6.92 Å². The number of aromatic carboxylic acids is 1. The minimum absolute atomic E-state index is 0. The van der Waals surface area contributed by atoms with Crippen LogP contribution in [0.25, 0.3) is 0 Å². The van der Waals surface area contributed by atoms with Crippen molar-refractivity contribution < 1.29 is 28.7 Å². The molecular formula is C19H24BCl4O6S. The average Bonchev–Trinajstić information content (AvgIpc) is 2.62. The maximum absolute atomic E-state index is 11.1. The maximum atomic E-state index is 11.1. The molecule has 0 atom stereocenters. The van der Waals surface area contributed by atoms with Gasteiger partial charge in [0.15, 0.2) is 0 Å². The minimum atomic E-state index is -1.67. The van der Waals surface area contributed by atoms with Gasteiger partial charge in [-0.15, -0.1) is 0 Å². The Morgan fingerprint density at radius 3 is 1.48 bits per heavy atom. The zero-order valence-electron chi connectivity index (χ0n) is 16.5. The average molecular weight is 533 g/mol. The SMILES string of the molecule is C.CO.COC(=O)c1ccc(Cl)cc1C.Cc1cc(Cl)ccc1C(=O)O.O=S(Cl)Cl.[B]. The third-order valence-corrected chi connectivity index (χ3v) is 3.48. The molecule has 0 aliphatic heterocycles. The fraction of sp³-hybridized carbons (Fsp3) is 0.263. The van der Waals surface area contributed by atoms with Crippen molar-refractivity contribution in [3.63, 3.8) is 0 Å². The Kier molecular flexibility index (Phi) is 24.6. The number of carbonyl (C=O) groups excluding carboxylic acids is 1. The monoisotopic (exact) mass is 531 g/mol. The molecule has 12 heteroatoms. The largest absolute Gasteiger partial charge is 0.478 e. The number of esters is 1. The van der Waals surface area contributed by atoms with Gasteiger partial charge in [0, 0.05) is 46.9 Å². The highest BCUT2D eigenvalue weighted by Gasteiger charge is 2.08. The van der Waals surface area contributed by atoms with Crippen LogP contribution in [-0.2, 0) is 14.0 Å². The lowest BCUT2D eigenvalue weighted by atomic mass is 10.1. The van der Waals surface area contributed by atoms with E-state index in [2.05, 4.69) is 26.1 Å². The van der Waals surface area contributed by atoms with E-state index in [9.17, 15) is 9.59 Å². The topological polar surface area (TPSA) is 101 Å². The number of carbonyl (C=O) groups is 2. The quantitative estimate of drug-likeness (QED) is 0.293. The molecule has 31 heavy (non-hydrogen) atoms. The molecule has 2 N–H and O–H groups in total. The molecule has 0 fully saturated rings. The summed E-state index contributed by atoms with van der Waals surface area (Å²) in [6.07, 6.45) is 0. The highest BCUT2D eigenvalue weighted by molar-refractivity contribution is 8.26. The number of aliphatic hydroxyl groups is 1. The predicted octanol–water partition coefficient (Wildman–Crippen LogP) is 5.69. The Morgan fingerprint density at radius 2 is 1.23 bits per heavy atom. The fourth-order valence-electron chi connectivity index (χ4n) is 1.83. The van der Waals surface area contributed by atoms with Gasteiger partial charge in [0.05, 0.1) is 18.2 Å². The number of aryl methyl sites for hydroxylation is 2. The van der Waals surface area contributed by atoms with Crippen molar-refractivity contribution in [1.29, 1.82) is 0 Å². The fourth-order valence-corrected chi connectivity index (χ4v) is 2.29. The molecular weight excluding hydrogens is 509 g/mol.